The number of hydrogen-bond acceptors (Lipinski definition) is 7. The van der Waals surface area contributed by atoms with Crippen LogP contribution in [0.1, 0.15) is 47.8 Å². The Bertz CT molecular complexity index is 905. The number of aliphatic hydroxyl groups excluding tert-OH is 1. The number of rotatable bonds is 6. The van der Waals surface area contributed by atoms with Crippen molar-refractivity contribution in [2.24, 2.45) is 0 Å². The molecule has 0 bridgehead atoms. The van der Waals surface area contributed by atoms with Gasteiger partial charge in [-0.2, -0.15) is 0 Å². The van der Waals surface area contributed by atoms with Crippen LogP contribution in [0.2, 0.25) is 0 Å². The molecule has 1 aromatic carbocycles. The summed E-state index contributed by atoms with van der Waals surface area (Å²) in [5.74, 6) is 1.25. The third-order valence-corrected chi connectivity index (χ3v) is 6.11. The fourth-order valence-electron chi connectivity index (χ4n) is 3.66. The third-order valence-electron chi connectivity index (χ3n) is 5.28. The SMILES string of the molecule is CC(C)c1ncc(CN2CCN(c3ccccc3C(O)c3nccs3)CC2)cn1. The molecule has 6 nitrogen and oxygen atoms in total. The Morgan fingerprint density at radius 1 is 1.03 bits per heavy atom. The molecule has 7 heteroatoms. The molecule has 1 N–H and O–H groups in total. The van der Waals surface area contributed by atoms with Crippen molar-refractivity contribution < 1.29 is 5.11 Å². The number of nitrogens with zero attached hydrogens (tertiary/aromatic N) is 5. The van der Waals surface area contributed by atoms with E-state index in [2.05, 4.69) is 44.7 Å². The largest absolute Gasteiger partial charge is 0.381 e. The van der Waals surface area contributed by atoms with E-state index in [9.17, 15) is 5.11 Å². The molecule has 0 saturated carbocycles. The maximum Gasteiger partial charge on any atom is 0.132 e. The van der Waals surface area contributed by atoms with Gasteiger partial charge in [-0.05, 0) is 6.07 Å². The summed E-state index contributed by atoms with van der Waals surface area (Å²) in [6.07, 6.45) is 4.96. The summed E-state index contributed by atoms with van der Waals surface area (Å²) in [7, 11) is 0. The quantitative estimate of drug-likeness (QED) is 0.673. The lowest BCUT2D eigenvalue weighted by molar-refractivity contribution is 0.218. The van der Waals surface area contributed by atoms with Gasteiger partial charge in [0.05, 0.1) is 0 Å². The van der Waals surface area contributed by atoms with E-state index in [0.717, 1.165) is 60.4 Å². The molecular formula is C22H27N5OS. The number of para-hydroxylation sites is 1. The third kappa shape index (κ3) is 4.63. The van der Waals surface area contributed by atoms with Gasteiger partial charge in [-0.25, -0.2) is 15.0 Å². The van der Waals surface area contributed by atoms with Gasteiger partial charge in [-0.3, -0.25) is 4.90 Å². The molecule has 3 heterocycles. The Morgan fingerprint density at radius 2 is 1.76 bits per heavy atom. The minimum atomic E-state index is -0.680. The maximum absolute atomic E-state index is 10.8. The first-order valence-corrected chi connectivity index (χ1v) is 10.9. The van der Waals surface area contributed by atoms with Gasteiger partial charge in [0.1, 0.15) is 16.9 Å². The van der Waals surface area contributed by atoms with Crippen LogP contribution in [0.15, 0.2) is 48.2 Å². The average Bonchev–Trinajstić information content (AvgIpc) is 3.29. The Balaban J connectivity index is 1.40. The number of benzene rings is 1. The van der Waals surface area contributed by atoms with E-state index < -0.39 is 6.10 Å². The second kappa shape index (κ2) is 8.98. The first kappa shape index (κ1) is 19.9. The highest BCUT2D eigenvalue weighted by Crippen LogP contribution is 2.32. The smallest absolute Gasteiger partial charge is 0.132 e. The van der Waals surface area contributed by atoms with E-state index in [1.165, 1.54) is 11.3 Å². The van der Waals surface area contributed by atoms with E-state index in [1.54, 1.807) is 6.20 Å². The molecule has 3 aromatic rings. The lowest BCUT2D eigenvalue weighted by Gasteiger charge is -2.37. The van der Waals surface area contributed by atoms with Gasteiger partial charge in [0.15, 0.2) is 0 Å². The van der Waals surface area contributed by atoms with Gasteiger partial charge in [0.2, 0.25) is 0 Å². The standard InChI is InChI=1S/C22H27N5OS/c1-16(2)21-24-13-17(14-25-21)15-26-8-10-27(11-9-26)19-6-4-3-5-18(19)20(28)22-23-7-12-29-22/h3-7,12-14,16,20,28H,8-11,15H2,1-2H3. The van der Waals surface area contributed by atoms with Crippen LogP contribution in [0, 0.1) is 0 Å². The number of aliphatic hydroxyl groups is 1. The molecule has 0 amide bonds. The molecule has 0 aliphatic carbocycles. The second-order valence-electron chi connectivity index (χ2n) is 7.70. The fraction of sp³-hybridized carbons (Fsp3) is 0.409. The van der Waals surface area contributed by atoms with E-state index in [0.29, 0.717) is 5.92 Å². The molecule has 29 heavy (non-hydrogen) atoms. The van der Waals surface area contributed by atoms with Crippen LogP contribution in [-0.4, -0.2) is 51.1 Å². The molecular weight excluding hydrogens is 382 g/mol. The molecule has 1 aliphatic heterocycles. The monoisotopic (exact) mass is 409 g/mol. The van der Waals surface area contributed by atoms with Crippen LogP contribution < -0.4 is 4.90 Å². The van der Waals surface area contributed by atoms with Crippen LogP contribution in [0.4, 0.5) is 5.69 Å². The first-order chi connectivity index (χ1) is 14.1. The minimum absolute atomic E-state index is 0.354. The molecule has 1 fully saturated rings. The summed E-state index contributed by atoms with van der Waals surface area (Å²) in [5.41, 5.74) is 3.18. The predicted molar refractivity (Wildman–Crippen MR) is 116 cm³/mol. The Morgan fingerprint density at radius 3 is 2.41 bits per heavy atom. The van der Waals surface area contributed by atoms with Crippen molar-refractivity contribution in [2.45, 2.75) is 32.4 Å². The van der Waals surface area contributed by atoms with Crippen molar-refractivity contribution in [1.29, 1.82) is 0 Å². The molecule has 1 aliphatic rings. The fourth-order valence-corrected chi connectivity index (χ4v) is 4.30. The van der Waals surface area contributed by atoms with Crippen molar-refractivity contribution in [3.8, 4) is 0 Å². The molecule has 1 atom stereocenters. The summed E-state index contributed by atoms with van der Waals surface area (Å²) < 4.78 is 0. The number of hydrogen-bond donors (Lipinski definition) is 1. The summed E-state index contributed by atoms with van der Waals surface area (Å²) in [6.45, 7) is 8.87. The van der Waals surface area contributed by atoms with Crippen LogP contribution >= 0.6 is 11.3 Å². The van der Waals surface area contributed by atoms with Crippen LogP contribution in [0.5, 0.6) is 0 Å². The number of aromatic nitrogens is 3. The zero-order chi connectivity index (χ0) is 20.2. The average molecular weight is 410 g/mol. The van der Waals surface area contributed by atoms with E-state index >= 15 is 0 Å². The Hall–Kier alpha value is -2.35. The molecule has 0 spiro atoms. The van der Waals surface area contributed by atoms with Crippen molar-refractivity contribution in [1.82, 2.24) is 19.9 Å². The Labute approximate surface area is 175 Å². The van der Waals surface area contributed by atoms with Crippen molar-refractivity contribution >= 4 is 17.0 Å². The predicted octanol–water partition coefficient (Wildman–Crippen LogP) is 3.46. The van der Waals surface area contributed by atoms with E-state index in [4.69, 9.17) is 0 Å². The number of anilines is 1. The van der Waals surface area contributed by atoms with E-state index in [-0.39, 0.29) is 0 Å². The molecule has 1 unspecified atom stereocenters. The summed E-state index contributed by atoms with van der Waals surface area (Å²) in [6, 6.07) is 8.11. The summed E-state index contributed by atoms with van der Waals surface area (Å²) in [5, 5.41) is 13.4. The summed E-state index contributed by atoms with van der Waals surface area (Å²) >= 11 is 1.49. The highest BCUT2D eigenvalue weighted by Gasteiger charge is 2.23. The first-order valence-electron chi connectivity index (χ1n) is 10.1. The number of thiazole rings is 1. The van der Waals surface area contributed by atoms with Gasteiger partial charge in [-0.1, -0.05) is 32.0 Å². The normalized spacial score (nSPS) is 16.3. The van der Waals surface area contributed by atoms with E-state index in [1.807, 2.05) is 36.0 Å². The lowest BCUT2D eigenvalue weighted by Crippen LogP contribution is -2.46. The maximum atomic E-state index is 10.8. The molecule has 4 rings (SSSR count). The minimum Gasteiger partial charge on any atom is -0.381 e. The molecule has 2 aromatic heterocycles. The molecule has 1 saturated heterocycles. The van der Waals surface area contributed by atoms with Gasteiger partial charge >= 0.3 is 0 Å². The van der Waals surface area contributed by atoms with Crippen LogP contribution in [-0.2, 0) is 6.54 Å². The molecule has 0 radical (unpaired) electrons. The summed E-state index contributed by atoms with van der Waals surface area (Å²) in [4.78, 5) is 18.0. The van der Waals surface area contributed by atoms with Crippen molar-refractivity contribution in [3.63, 3.8) is 0 Å². The van der Waals surface area contributed by atoms with Crippen LogP contribution in [0.3, 0.4) is 0 Å². The molecule has 152 valence electrons. The second-order valence-corrected chi connectivity index (χ2v) is 8.63. The van der Waals surface area contributed by atoms with Crippen LogP contribution in [0.25, 0.3) is 0 Å². The highest BCUT2D eigenvalue weighted by molar-refractivity contribution is 7.09. The van der Waals surface area contributed by atoms with Crippen molar-refractivity contribution in [3.05, 3.63) is 70.2 Å². The zero-order valence-electron chi connectivity index (χ0n) is 16.9. The van der Waals surface area contributed by atoms with Crippen molar-refractivity contribution in [2.75, 3.05) is 31.1 Å². The van der Waals surface area contributed by atoms with Gasteiger partial charge in [-0.15, -0.1) is 11.3 Å². The van der Waals surface area contributed by atoms with Gasteiger partial charge in [0.25, 0.3) is 0 Å². The lowest BCUT2D eigenvalue weighted by atomic mass is 10.1. The highest BCUT2D eigenvalue weighted by atomic mass is 32.1. The number of piperazine rings is 1. The van der Waals surface area contributed by atoms with Gasteiger partial charge in [0, 0.05) is 79.4 Å². The van der Waals surface area contributed by atoms with Gasteiger partial charge < -0.3 is 10.0 Å². The topological polar surface area (TPSA) is 65.4 Å². The zero-order valence-corrected chi connectivity index (χ0v) is 17.7. The Kier molecular flexibility index (Phi) is 6.18.